The van der Waals surface area contributed by atoms with Crippen molar-refractivity contribution in [3.8, 4) is 0 Å². The zero-order chi connectivity index (χ0) is 14.7. The summed E-state index contributed by atoms with van der Waals surface area (Å²) < 4.78 is 5.28. The molecular weight excluding hydrogens is 288 g/mol. The summed E-state index contributed by atoms with van der Waals surface area (Å²) >= 11 is 6.18. The number of hydrogen-bond donors (Lipinski definition) is 1. The molecule has 0 unspecified atom stereocenters. The zero-order valence-corrected chi connectivity index (χ0v) is 12.5. The molecule has 1 saturated heterocycles. The van der Waals surface area contributed by atoms with E-state index in [4.69, 9.17) is 16.0 Å². The summed E-state index contributed by atoms with van der Waals surface area (Å²) in [5.41, 5.74) is 1.09. The fourth-order valence-electron chi connectivity index (χ4n) is 2.98. The molecule has 1 N–H and O–H groups in total. The number of aliphatic hydroxyl groups is 1. The van der Waals surface area contributed by atoms with Crippen molar-refractivity contribution >= 4 is 11.6 Å². The number of rotatable bonds is 5. The minimum atomic E-state index is -0.543. The molecule has 1 aliphatic heterocycles. The van der Waals surface area contributed by atoms with E-state index in [0.29, 0.717) is 23.2 Å². The summed E-state index contributed by atoms with van der Waals surface area (Å²) in [6.45, 7) is 1.84. The lowest BCUT2D eigenvalue weighted by atomic mass is 10.0. The van der Waals surface area contributed by atoms with Gasteiger partial charge in [0, 0.05) is 25.0 Å². The molecule has 3 heterocycles. The van der Waals surface area contributed by atoms with Gasteiger partial charge in [-0.2, -0.15) is 0 Å². The van der Waals surface area contributed by atoms with Gasteiger partial charge in [-0.15, -0.1) is 0 Å². The molecule has 2 aromatic rings. The predicted molar refractivity (Wildman–Crippen MR) is 81.0 cm³/mol. The number of halogens is 1. The van der Waals surface area contributed by atoms with Crippen LogP contribution in [0, 0.1) is 0 Å². The maximum absolute atomic E-state index is 10.3. The molecule has 0 bridgehead atoms. The van der Waals surface area contributed by atoms with Crippen molar-refractivity contribution in [2.24, 2.45) is 0 Å². The van der Waals surface area contributed by atoms with Gasteiger partial charge in [-0.1, -0.05) is 11.6 Å². The molecule has 0 spiro atoms. The Morgan fingerprint density at radius 2 is 2.38 bits per heavy atom. The third-order valence-electron chi connectivity index (χ3n) is 4.10. The minimum Gasteiger partial charge on any atom is -0.467 e. The van der Waals surface area contributed by atoms with Gasteiger partial charge in [0.15, 0.2) is 0 Å². The Hall–Kier alpha value is -1.36. The zero-order valence-electron chi connectivity index (χ0n) is 11.8. The molecule has 0 radical (unpaired) electrons. The Balaban J connectivity index is 1.64. The Kier molecular flexibility index (Phi) is 4.58. The summed E-state index contributed by atoms with van der Waals surface area (Å²) in [5.74, 6) is 0.642. The first-order chi connectivity index (χ1) is 10.2. The van der Waals surface area contributed by atoms with Gasteiger partial charge in [-0.3, -0.25) is 9.88 Å². The molecule has 1 fully saturated rings. The second-order valence-corrected chi connectivity index (χ2v) is 5.91. The number of hydrogen-bond acceptors (Lipinski definition) is 4. The third kappa shape index (κ3) is 3.46. The fourth-order valence-corrected chi connectivity index (χ4v) is 3.16. The van der Waals surface area contributed by atoms with Crippen LogP contribution in [0.15, 0.2) is 41.3 Å². The summed E-state index contributed by atoms with van der Waals surface area (Å²) in [6.07, 6.45) is 7.44. The van der Waals surface area contributed by atoms with Crippen LogP contribution in [0.3, 0.4) is 0 Å². The molecule has 21 heavy (non-hydrogen) atoms. The highest BCUT2D eigenvalue weighted by atomic mass is 35.5. The molecule has 2 atom stereocenters. The van der Waals surface area contributed by atoms with Crippen LogP contribution in [-0.4, -0.2) is 27.6 Å². The van der Waals surface area contributed by atoms with Gasteiger partial charge in [0.25, 0.3) is 0 Å². The summed E-state index contributed by atoms with van der Waals surface area (Å²) in [6, 6.07) is 5.95. The van der Waals surface area contributed by atoms with Crippen molar-refractivity contribution in [2.75, 3.05) is 6.54 Å². The molecular formula is C16H19ClN2O2. The van der Waals surface area contributed by atoms with E-state index in [1.54, 1.807) is 18.7 Å². The normalized spacial score (nSPS) is 20.8. The Bertz CT molecular complexity index is 573. The lowest BCUT2D eigenvalue weighted by Crippen LogP contribution is -2.30. The van der Waals surface area contributed by atoms with Crippen LogP contribution in [0.4, 0.5) is 0 Å². The van der Waals surface area contributed by atoms with Crippen molar-refractivity contribution < 1.29 is 9.52 Å². The van der Waals surface area contributed by atoms with E-state index in [9.17, 15) is 5.11 Å². The lowest BCUT2D eigenvalue weighted by Gasteiger charge is -2.26. The number of pyridine rings is 1. The highest BCUT2D eigenvalue weighted by molar-refractivity contribution is 6.31. The monoisotopic (exact) mass is 306 g/mol. The lowest BCUT2D eigenvalue weighted by molar-refractivity contribution is 0.0995. The van der Waals surface area contributed by atoms with Gasteiger partial charge in [-0.05, 0) is 49.6 Å². The Morgan fingerprint density at radius 3 is 3.14 bits per heavy atom. The van der Waals surface area contributed by atoms with Crippen molar-refractivity contribution in [1.82, 2.24) is 9.88 Å². The largest absolute Gasteiger partial charge is 0.467 e. The second kappa shape index (κ2) is 6.60. The summed E-state index contributed by atoms with van der Waals surface area (Å²) in [7, 11) is 0. The number of furan rings is 1. The summed E-state index contributed by atoms with van der Waals surface area (Å²) in [4.78, 5) is 6.40. The predicted octanol–water partition coefficient (Wildman–Crippen LogP) is 3.42. The van der Waals surface area contributed by atoms with Crippen molar-refractivity contribution in [3.05, 3.63) is 53.2 Å². The van der Waals surface area contributed by atoms with Crippen LogP contribution in [0.1, 0.15) is 36.7 Å². The Morgan fingerprint density at radius 1 is 1.48 bits per heavy atom. The van der Waals surface area contributed by atoms with Crippen LogP contribution < -0.4 is 0 Å². The van der Waals surface area contributed by atoms with E-state index in [1.807, 2.05) is 18.2 Å². The molecule has 5 heteroatoms. The van der Waals surface area contributed by atoms with Gasteiger partial charge in [-0.25, -0.2) is 0 Å². The molecule has 112 valence electrons. The van der Waals surface area contributed by atoms with Crippen molar-refractivity contribution in [3.63, 3.8) is 0 Å². The first-order valence-electron chi connectivity index (χ1n) is 7.28. The van der Waals surface area contributed by atoms with Crippen LogP contribution in [0.25, 0.3) is 0 Å². The van der Waals surface area contributed by atoms with E-state index in [2.05, 4.69) is 9.88 Å². The first-order valence-corrected chi connectivity index (χ1v) is 7.66. The van der Waals surface area contributed by atoms with Gasteiger partial charge in [0.05, 0.1) is 11.3 Å². The molecule has 0 aliphatic carbocycles. The van der Waals surface area contributed by atoms with E-state index >= 15 is 0 Å². The van der Waals surface area contributed by atoms with Crippen LogP contribution in [0.5, 0.6) is 0 Å². The standard InChI is InChI=1S/C16H19ClN2O2/c17-14-10-18-6-5-12(14)11-19-7-1-3-13(19)9-15(20)16-4-2-8-21-16/h2,4-6,8,10,13,15,20H,1,3,7,9,11H2/t13-,15-/m0/s1. The molecule has 4 nitrogen and oxygen atoms in total. The minimum absolute atomic E-state index is 0.356. The average molecular weight is 307 g/mol. The van der Waals surface area contributed by atoms with Crippen molar-refractivity contribution in [1.29, 1.82) is 0 Å². The highest BCUT2D eigenvalue weighted by Crippen LogP contribution is 2.29. The van der Waals surface area contributed by atoms with Crippen LogP contribution >= 0.6 is 11.6 Å². The Labute approximate surface area is 129 Å². The topological polar surface area (TPSA) is 49.5 Å². The molecule has 1 aliphatic rings. The quantitative estimate of drug-likeness (QED) is 0.919. The number of aromatic nitrogens is 1. The number of likely N-dealkylation sites (tertiary alicyclic amines) is 1. The molecule has 0 aromatic carbocycles. The van der Waals surface area contributed by atoms with Gasteiger partial charge < -0.3 is 9.52 Å². The van der Waals surface area contributed by atoms with E-state index in [0.717, 1.165) is 31.5 Å². The molecule has 2 aromatic heterocycles. The third-order valence-corrected chi connectivity index (χ3v) is 4.44. The van der Waals surface area contributed by atoms with E-state index in [1.165, 1.54) is 0 Å². The van der Waals surface area contributed by atoms with E-state index < -0.39 is 6.10 Å². The maximum Gasteiger partial charge on any atom is 0.132 e. The molecule has 0 amide bonds. The average Bonchev–Trinajstić information content (AvgIpc) is 3.13. The SMILES string of the molecule is O[C@@H](C[C@@H]1CCCN1Cc1ccncc1Cl)c1ccco1. The van der Waals surface area contributed by atoms with Gasteiger partial charge >= 0.3 is 0 Å². The van der Waals surface area contributed by atoms with Gasteiger partial charge in [0.1, 0.15) is 11.9 Å². The second-order valence-electron chi connectivity index (χ2n) is 5.50. The smallest absolute Gasteiger partial charge is 0.132 e. The molecule has 3 rings (SSSR count). The van der Waals surface area contributed by atoms with Gasteiger partial charge in [0.2, 0.25) is 0 Å². The summed E-state index contributed by atoms with van der Waals surface area (Å²) in [5, 5.41) is 11.0. The molecule has 0 saturated carbocycles. The van der Waals surface area contributed by atoms with Crippen molar-refractivity contribution in [2.45, 2.75) is 38.0 Å². The fraction of sp³-hybridized carbons (Fsp3) is 0.438. The maximum atomic E-state index is 10.3. The van der Waals surface area contributed by atoms with Crippen LogP contribution in [-0.2, 0) is 6.54 Å². The number of nitrogens with zero attached hydrogens (tertiary/aromatic N) is 2. The number of aliphatic hydroxyl groups excluding tert-OH is 1. The van der Waals surface area contributed by atoms with E-state index in [-0.39, 0.29) is 0 Å². The first kappa shape index (κ1) is 14.6. The highest BCUT2D eigenvalue weighted by Gasteiger charge is 2.28. The van der Waals surface area contributed by atoms with Crippen LogP contribution in [0.2, 0.25) is 5.02 Å².